The zero-order valence-corrected chi connectivity index (χ0v) is 9.25. The maximum absolute atomic E-state index is 11.1. The minimum atomic E-state index is 0.0557. The van der Waals surface area contributed by atoms with Gasteiger partial charge in [0.25, 0.3) is 0 Å². The minimum Gasteiger partial charge on any atom is -0.300 e. The van der Waals surface area contributed by atoms with Gasteiger partial charge in [-0.1, -0.05) is 11.6 Å². The Labute approximate surface area is 91.9 Å². The number of rotatable bonds is 2. The molecule has 0 N–H and O–H groups in total. The minimum absolute atomic E-state index is 0.0557. The van der Waals surface area contributed by atoms with E-state index in [-0.39, 0.29) is 12.2 Å². The molecule has 2 rings (SSSR count). The van der Waals surface area contributed by atoms with Crippen LogP contribution < -0.4 is 0 Å². The van der Waals surface area contributed by atoms with Gasteiger partial charge in [0.2, 0.25) is 5.78 Å². The predicted molar refractivity (Wildman–Crippen MR) is 57.1 cm³/mol. The standard InChI is InChI=1S/C10H10ClN3O/c1-6-4-12-10-13-9(11)8(3-7(2)15)14(10)5-6/h4-5H,3H2,1-2H3. The SMILES string of the molecule is CC(=O)Cc1c(Cl)nc2ncc(C)cn12. The number of ketones is 1. The summed E-state index contributed by atoms with van der Waals surface area (Å²) in [6.45, 7) is 3.46. The Kier molecular flexibility index (Phi) is 2.44. The number of carbonyl (C=O) groups is 1. The normalized spacial score (nSPS) is 10.9. The number of hydrogen-bond donors (Lipinski definition) is 0. The van der Waals surface area contributed by atoms with E-state index in [0.29, 0.717) is 16.6 Å². The van der Waals surface area contributed by atoms with Crippen LogP contribution in [-0.4, -0.2) is 20.2 Å². The van der Waals surface area contributed by atoms with Crippen LogP contribution >= 0.6 is 11.6 Å². The van der Waals surface area contributed by atoms with Gasteiger partial charge in [0, 0.05) is 18.8 Å². The fourth-order valence-corrected chi connectivity index (χ4v) is 1.68. The molecule has 0 amide bonds. The maximum atomic E-state index is 11.1. The molecule has 0 spiro atoms. The lowest BCUT2D eigenvalue weighted by molar-refractivity contribution is -0.116. The Morgan fingerprint density at radius 3 is 3.00 bits per heavy atom. The predicted octanol–water partition coefficient (Wildman–Crippen LogP) is 1.82. The third-order valence-electron chi connectivity index (χ3n) is 2.08. The Morgan fingerprint density at radius 1 is 1.60 bits per heavy atom. The van der Waals surface area contributed by atoms with Crippen LogP contribution in [0.15, 0.2) is 12.4 Å². The van der Waals surface area contributed by atoms with E-state index in [1.807, 2.05) is 13.1 Å². The van der Waals surface area contributed by atoms with Gasteiger partial charge < -0.3 is 0 Å². The number of fused-ring (bicyclic) bond motifs is 1. The second-order valence-electron chi connectivity index (χ2n) is 3.53. The van der Waals surface area contributed by atoms with E-state index in [1.54, 1.807) is 10.6 Å². The monoisotopic (exact) mass is 223 g/mol. The molecule has 0 bridgehead atoms. The Balaban J connectivity index is 2.65. The van der Waals surface area contributed by atoms with Crippen molar-refractivity contribution in [1.29, 1.82) is 0 Å². The summed E-state index contributed by atoms with van der Waals surface area (Å²) in [6.07, 6.45) is 3.88. The zero-order valence-electron chi connectivity index (χ0n) is 8.49. The van der Waals surface area contributed by atoms with Crippen LogP contribution in [0, 0.1) is 6.92 Å². The lowest BCUT2D eigenvalue weighted by Crippen LogP contribution is -2.01. The first kappa shape index (κ1) is 10.1. The van der Waals surface area contributed by atoms with Crippen molar-refractivity contribution >= 4 is 23.2 Å². The van der Waals surface area contributed by atoms with Crippen molar-refractivity contribution in [3.05, 3.63) is 28.8 Å². The Bertz CT molecular complexity index is 533. The van der Waals surface area contributed by atoms with Gasteiger partial charge in [-0.15, -0.1) is 0 Å². The number of halogens is 1. The number of aromatic nitrogens is 3. The lowest BCUT2D eigenvalue weighted by atomic mass is 10.2. The molecule has 78 valence electrons. The summed E-state index contributed by atoms with van der Waals surface area (Å²) in [6, 6.07) is 0. The van der Waals surface area contributed by atoms with E-state index in [4.69, 9.17) is 11.6 Å². The molecule has 0 radical (unpaired) electrons. The summed E-state index contributed by atoms with van der Waals surface area (Å²) in [5.41, 5.74) is 1.71. The summed E-state index contributed by atoms with van der Waals surface area (Å²) in [7, 11) is 0. The van der Waals surface area contributed by atoms with Crippen molar-refractivity contribution in [2.45, 2.75) is 20.3 Å². The maximum Gasteiger partial charge on any atom is 0.235 e. The number of nitrogens with zero attached hydrogens (tertiary/aromatic N) is 3. The molecule has 15 heavy (non-hydrogen) atoms. The van der Waals surface area contributed by atoms with E-state index < -0.39 is 0 Å². The van der Waals surface area contributed by atoms with Gasteiger partial charge in [0.15, 0.2) is 5.15 Å². The molecule has 0 aliphatic heterocycles. The first-order valence-corrected chi connectivity index (χ1v) is 4.94. The van der Waals surface area contributed by atoms with Crippen LogP contribution in [0.2, 0.25) is 5.15 Å². The van der Waals surface area contributed by atoms with Crippen LogP contribution in [0.3, 0.4) is 0 Å². The molecule has 0 unspecified atom stereocenters. The summed E-state index contributed by atoms with van der Waals surface area (Å²) in [5, 5.41) is 0.350. The van der Waals surface area contributed by atoms with Crippen molar-refractivity contribution in [2.24, 2.45) is 0 Å². The molecular weight excluding hydrogens is 214 g/mol. The fourth-order valence-electron chi connectivity index (χ4n) is 1.44. The molecular formula is C10H10ClN3O. The molecule has 5 heteroatoms. The lowest BCUT2D eigenvalue weighted by Gasteiger charge is -1.99. The molecule has 2 aromatic rings. The van der Waals surface area contributed by atoms with Gasteiger partial charge in [-0.2, -0.15) is 4.98 Å². The van der Waals surface area contributed by atoms with E-state index in [2.05, 4.69) is 9.97 Å². The zero-order chi connectivity index (χ0) is 11.0. The molecule has 2 aromatic heterocycles. The smallest absolute Gasteiger partial charge is 0.235 e. The number of carbonyl (C=O) groups excluding carboxylic acids is 1. The van der Waals surface area contributed by atoms with Gasteiger partial charge in [-0.05, 0) is 19.4 Å². The van der Waals surface area contributed by atoms with Crippen molar-refractivity contribution in [1.82, 2.24) is 14.4 Å². The Hall–Kier alpha value is -1.42. The largest absolute Gasteiger partial charge is 0.300 e. The van der Waals surface area contributed by atoms with Crippen LogP contribution in [0.1, 0.15) is 18.2 Å². The highest BCUT2D eigenvalue weighted by Gasteiger charge is 2.12. The summed E-state index contributed by atoms with van der Waals surface area (Å²) in [4.78, 5) is 19.3. The van der Waals surface area contributed by atoms with Crippen molar-refractivity contribution in [3.8, 4) is 0 Å². The summed E-state index contributed by atoms with van der Waals surface area (Å²) in [5.74, 6) is 0.585. The van der Waals surface area contributed by atoms with Crippen LogP contribution in [0.4, 0.5) is 0 Å². The molecule has 0 saturated carbocycles. The molecule has 0 aliphatic rings. The van der Waals surface area contributed by atoms with Gasteiger partial charge in [0.1, 0.15) is 5.78 Å². The first-order valence-electron chi connectivity index (χ1n) is 4.56. The van der Waals surface area contributed by atoms with Gasteiger partial charge >= 0.3 is 0 Å². The second-order valence-corrected chi connectivity index (χ2v) is 3.89. The molecule has 0 aromatic carbocycles. The van der Waals surface area contributed by atoms with E-state index in [0.717, 1.165) is 5.56 Å². The highest BCUT2D eigenvalue weighted by molar-refractivity contribution is 6.30. The molecule has 2 heterocycles. The van der Waals surface area contributed by atoms with Gasteiger partial charge in [0.05, 0.1) is 5.69 Å². The topological polar surface area (TPSA) is 47.3 Å². The quantitative estimate of drug-likeness (QED) is 0.780. The molecule has 0 saturated heterocycles. The Morgan fingerprint density at radius 2 is 2.33 bits per heavy atom. The number of hydrogen-bond acceptors (Lipinski definition) is 3. The van der Waals surface area contributed by atoms with Crippen LogP contribution in [0.5, 0.6) is 0 Å². The van der Waals surface area contributed by atoms with Crippen molar-refractivity contribution in [2.75, 3.05) is 0 Å². The molecule has 0 fully saturated rings. The number of imidazole rings is 1. The van der Waals surface area contributed by atoms with Crippen LogP contribution in [-0.2, 0) is 11.2 Å². The van der Waals surface area contributed by atoms with Crippen LogP contribution in [0.25, 0.3) is 5.78 Å². The van der Waals surface area contributed by atoms with E-state index >= 15 is 0 Å². The highest BCUT2D eigenvalue weighted by Crippen LogP contribution is 2.17. The van der Waals surface area contributed by atoms with Crippen molar-refractivity contribution < 1.29 is 4.79 Å². The van der Waals surface area contributed by atoms with Gasteiger partial charge in [-0.3, -0.25) is 9.20 Å². The van der Waals surface area contributed by atoms with Crippen molar-refractivity contribution in [3.63, 3.8) is 0 Å². The molecule has 0 aliphatic carbocycles. The van der Waals surface area contributed by atoms with E-state index in [9.17, 15) is 4.79 Å². The average Bonchev–Trinajstić information content (AvgIpc) is 2.43. The van der Waals surface area contributed by atoms with Gasteiger partial charge in [-0.25, -0.2) is 4.98 Å². The summed E-state index contributed by atoms with van der Waals surface area (Å²) < 4.78 is 1.76. The average molecular weight is 224 g/mol. The molecule has 0 atom stereocenters. The third kappa shape index (κ3) is 1.85. The number of Topliss-reactive ketones (excluding diaryl/α,β-unsaturated/α-hetero) is 1. The van der Waals surface area contributed by atoms with E-state index in [1.165, 1.54) is 6.92 Å². The summed E-state index contributed by atoms with van der Waals surface area (Å²) >= 11 is 5.94. The second kappa shape index (κ2) is 3.62. The third-order valence-corrected chi connectivity index (χ3v) is 2.38. The molecule has 4 nitrogen and oxygen atoms in total. The first-order chi connectivity index (χ1) is 7.08. The highest BCUT2D eigenvalue weighted by atomic mass is 35.5. The number of aryl methyl sites for hydroxylation is 1. The fraction of sp³-hybridized carbons (Fsp3) is 0.300.